The zero-order chi connectivity index (χ0) is 37.8. The van der Waals surface area contributed by atoms with Gasteiger partial charge in [0, 0.05) is 55.9 Å². The number of amides is 2. The summed E-state index contributed by atoms with van der Waals surface area (Å²) in [6.45, 7) is 5.55. The maximum atomic E-state index is 13.0. The van der Waals surface area contributed by atoms with Crippen LogP contribution in [0, 0.1) is 0 Å². The van der Waals surface area contributed by atoms with Crippen LogP contribution < -0.4 is 38.2 Å². The first kappa shape index (κ1) is 40.5. The van der Waals surface area contributed by atoms with Crippen LogP contribution in [0.25, 0.3) is 10.9 Å². The van der Waals surface area contributed by atoms with Crippen LogP contribution in [0.2, 0.25) is 0 Å². The lowest BCUT2D eigenvalue weighted by atomic mass is 9.95. The molecule has 2 aliphatic rings. The van der Waals surface area contributed by atoms with Gasteiger partial charge in [-0.15, -0.1) is 0 Å². The molecule has 1 aromatic carbocycles. The van der Waals surface area contributed by atoms with Crippen molar-refractivity contribution in [2.24, 2.45) is 21.7 Å². The van der Waals surface area contributed by atoms with Gasteiger partial charge in [0.25, 0.3) is 0 Å². The lowest BCUT2D eigenvalue weighted by Gasteiger charge is -2.33. The molecule has 3 aromatic rings. The SMILES string of the molecule is NN=C(C=NCCCNCCCNC1CCCCC1)CNc1nc(NC2CCN(C(=O)CCC(N)C(=O)NCc3ccccn3)CC2)c2ccccc2n1. The first-order chi connectivity index (χ1) is 26.5. The number of carbonyl (C=O) groups is 2. The maximum absolute atomic E-state index is 13.0. The normalized spacial score (nSPS) is 16.5. The van der Waals surface area contributed by atoms with E-state index in [-0.39, 0.29) is 30.7 Å². The van der Waals surface area contributed by atoms with Crippen LogP contribution >= 0.6 is 0 Å². The van der Waals surface area contributed by atoms with Crippen LogP contribution in [-0.2, 0) is 16.1 Å². The van der Waals surface area contributed by atoms with Crippen molar-refractivity contribution in [1.29, 1.82) is 0 Å². The minimum Gasteiger partial charge on any atom is -0.367 e. The van der Waals surface area contributed by atoms with Gasteiger partial charge in [0.1, 0.15) is 5.82 Å². The number of hydrogen-bond acceptors (Lipinski definition) is 13. The lowest BCUT2D eigenvalue weighted by molar-refractivity contribution is -0.132. The van der Waals surface area contributed by atoms with Gasteiger partial charge in [-0.1, -0.05) is 37.5 Å². The third kappa shape index (κ3) is 13.6. The van der Waals surface area contributed by atoms with Gasteiger partial charge in [0.15, 0.2) is 0 Å². The summed E-state index contributed by atoms with van der Waals surface area (Å²) in [4.78, 5) is 45.5. The second-order valence-electron chi connectivity index (χ2n) is 14.2. The number of aliphatic imine (C=N–C) groups is 1. The van der Waals surface area contributed by atoms with Crippen molar-refractivity contribution in [3.05, 3.63) is 54.4 Å². The second kappa shape index (κ2) is 22.5. The summed E-state index contributed by atoms with van der Waals surface area (Å²) in [7, 11) is 0. The predicted molar refractivity (Wildman–Crippen MR) is 217 cm³/mol. The monoisotopic (exact) mass is 741 g/mol. The van der Waals surface area contributed by atoms with Crippen molar-refractivity contribution >= 4 is 46.4 Å². The average molecular weight is 742 g/mol. The number of nitrogens with two attached hydrogens (primary N) is 2. The lowest BCUT2D eigenvalue weighted by Crippen LogP contribution is -2.44. The standard InChI is InChI=1S/C39H59N13O2/c40-34(38(54)46-27-31-12-6-7-22-45-31)15-16-36(53)52-24-17-30(18-25-52)48-37-33-13-4-5-14-35(33)49-39(50-37)47-28-32(51-41)26-43-21-8-19-42-20-9-23-44-29-10-2-1-3-11-29/h4-7,12-14,22,26,29-30,34,42,44H,1-3,8-11,15-21,23-25,27-28,40-41H2,(H,46,54)(H2,47,48,49,50). The summed E-state index contributed by atoms with van der Waals surface area (Å²) in [5.74, 6) is 6.59. The number of likely N-dealkylation sites (tertiary alicyclic amines) is 1. The highest BCUT2D eigenvalue weighted by molar-refractivity contribution is 6.32. The Morgan fingerprint density at radius 1 is 0.944 bits per heavy atom. The molecule has 2 aromatic heterocycles. The third-order valence-corrected chi connectivity index (χ3v) is 10.0. The highest BCUT2D eigenvalue weighted by Crippen LogP contribution is 2.25. The molecule has 9 N–H and O–H groups in total. The Morgan fingerprint density at radius 2 is 1.74 bits per heavy atom. The molecular formula is C39H59N13O2. The largest absolute Gasteiger partial charge is 0.367 e. The number of hydrazone groups is 1. The highest BCUT2D eigenvalue weighted by atomic mass is 16.2. The summed E-state index contributed by atoms with van der Waals surface area (Å²) >= 11 is 0. The Hall–Kier alpha value is -4.73. The zero-order valence-electron chi connectivity index (χ0n) is 31.5. The smallest absolute Gasteiger partial charge is 0.237 e. The van der Waals surface area contributed by atoms with Gasteiger partial charge in [-0.05, 0) is 88.8 Å². The Labute approximate surface area is 319 Å². The van der Waals surface area contributed by atoms with E-state index in [0.717, 1.165) is 73.8 Å². The Morgan fingerprint density at radius 3 is 2.54 bits per heavy atom. The molecule has 0 bridgehead atoms. The number of piperidine rings is 1. The minimum absolute atomic E-state index is 0.00554. The summed E-state index contributed by atoms with van der Waals surface area (Å²) < 4.78 is 0. The molecule has 54 heavy (non-hydrogen) atoms. The maximum Gasteiger partial charge on any atom is 0.237 e. The molecule has 15 heteroatoms. The second-order valence-corrected chi connectivity index (χ2v) is 14.2. The van der Waals surface area contributed by atoms with Crippen molar-refractivity contribution in [1.82, 2.24) is 35.8 Å². The topological polar surface area (TPSA) is 213 Å². The molecular weight excluding hydrogens is 683 g/mol. The molecule has 5 rings (SSSR count). The van der Waals surface area contributed by atoms with Crippen LogP contribution in [0.1, 0.15) is 76.3 Å². The van der Waals surface area contributed by atoms with Crippen molar-refractivity contribution in [2.75, 3.05) is 56.4 Å². The van der Waals surface area contributed by atoms with Gasteiger partial charge < -0.3 is 43.1 Å². The number of anilines is 2. The summed E-state index contributed by atoms with van der Waals surface area (Å²) in [5, 5.41) is 21.7. The van der Waals surface area contributed by atoms with Gasteiger partial charge in [0.2, 0.25) is 17.8 Å². The Bertz CT molecular complexity index is 1640. The van der Waals surface area contributed by atoms with Gasteiger partial charge in [-0.25, -0.2) is 4.98 Å². The molecule has 3 heterocycles. The Balaban J connectivity index is 1.00. The zero-order valence-corrected chi connectivity index (χ0v) is 31.5. The number of hydrogen-bond donors (Lipinski definition) is 7. The van der Waals surface area contributed by atoms with Crippen molar-refractivity contribution < 1.29 is 9.59 Å². The van der Waals surface area contributed by atoms with E-state index in [0.29, 0.717) is 44.4 Å². The number of nitrogens with zero attached hydrogens (tertiary/aromatic N) is 6. The number of aromatic nitrogens is 3. The fraction of sp³-hybridized carbons (Fsp3) is 0.564. The minimum atomic E-state index is -0.758. The van der Waals surface area contributed by atoms with E-state index >= 15 is 0 Å². The van der Waals surface area contributed by atoms with Crippen molar-refractivity contribution in [3.63, 3.8) is 0 Å². The molecule has 292 valence electrons. The number of benzene rings is 1. The summed E-state index contributed by atoms with van der Waals surface area (Å²) in [5.41, 5.74) is 8.25. The first-order valence-electron chi connectivity index (χ1n) is 19.7. The van der Waals surface area contributed by atoms with E-state index in [1.54, 1.807) is 12.4 Å². The molecule has 1 saturated carbocycles. The van der Waals surface area contributed by atoms with Crippen molar-refractivity contribution in [2.45, 2.75) is 95.3 Å². The predicted octanol–water partition coefficient (Wildman–Crippen LogP) is 2.94. The number of pyridine rings is 1. The van der Waals surface area contributed by atoms with Gasteiger partial charge in [0.05, 0.1) is 36.1 Å². The van der Waals surface area contributed by atoms with E-state index in [1.807, 2.05) is 47.4 Å². The van der Waals surface area contributed by atoms with Crippen LogP contribution in [0.3, 0.4) is 0 Å². The molecule has 2 amide bonds. The molecule has 2 fully saturated rings. The van der Waals surface area contributed by atoms with Gasteiger partial charge in [-0.3, -0.25) is 19.6 Å². The van der Waals surface area contributed by atoms with E-state index in [1.165, 1.54) is 32.1 Å². The van der Waals surface area contributed by atoms with Gasteiger partial charge >= 0.3 is 0 Å². The number of nitrogens with one attached hydrogen (secondary N) is 5. The number of fused-ring (bicyclic) bond motifs is 1. The van der Waals surface area contributed by atoms with E-state index in [9.17, 15) is 9.59 Å². The number of carbonyl (C=O) groups excluding carboxylic acids is 2. The van der Waals surface area contributed by atoms with Crippen molar-refractivity contribution in [3.8, 4) is 0 Å². The van der Waals surface area contributed by atoms with E-state index in [4.69, 9.17) is 21.5 Å². The summed E-state index contributed by atoms with van der Waals surface area (Å²) in [6.07, 6.45) is 14.3. The van der Waals surface area contributed by atoms with Crippen LogP contribution in [-0.4, -0.2) is 108 Å². The molecule has 15 nitrogen and oxygen atoms in total. The van der Waals surface area contributed by atoms with Crippen LogP contribution in [0.15, 0.2) is 58.8 Å². The quantitative estimate of drug-likeness (QED) is 0.0365. The fourth-order valence-electron chi connectivity index (χ4n) is 6.82. The van der Waals surface area contributed by atoms with Crippen LogP contribution in [0.5, 0.6) is 0 Å². The Kier molecular flexibility index (Phi) is 16.8. The molecule has 1 unspecified atom stereocenters. The van der Waals surface area contributed by atoms with E-state index < -0.39 is 6.04 Å². The summed E-state index contributed by atoms with van der Waals surface area (Å²) in [6, 6.07) is 13.5. The first-order valence-corrected chi connectivity index (χ1v) is 19.7. The van der Waals surface area contributed by atoms with Crippen LogP contribution in [0.4, 0.5) is 11.8 Å². The number of rotatable bonds is 21. The van der Waals surface area contributed by atoms with Gasteiger partial charge in [-0.2, -0.15) is 10.1 Å². The molecule has 1 aliphatic heterocycles. The average Bonchev–Trinajstić information content (AvgIpc) is 3.21. The molecule has 0 spiro atoms. The highest BCUT2D eigenvalue weighted by Gasteiger charge is 2.25. The molecule has 1 aliphatic carbocycles. The fourth-order valence-corrected chi connectivity index (χ4v) is 6.82. The van der Waals surface area contributed by atoms with E-state index in [2.05, 4.69) is 41.7 Å². The molecule has 0 radical (unpaired) electrons. The number of para-hydroxylation sites is 1. The molecule has 1 atom stereocenters. The third-order valence-electron chi connectivity index (χ3n) is 10.0. The molecule has 1 saturated heterocycles.